The molecule has 0 saturated carbocycles. The van der Waals surface area contributed by atoms with Gasteiger partial charge >= 0.3 is 0 Å². The Morgan fingerprint density at radius 1 is 1.18 bits per heavy atom. The number of fused-ring (bicyclic) bond motifs is 3. The molecule has 0 fully saturated rings. The first-order chi connectivity index (χ1) is 16.4. The highest BCUT2D eigenvalue weighted by Crippen LogP contribution is 2.44. The highest BCUT2D eigenvalue weighted by molar-refractivity contribution is 7.99. The van der Waals surface area contributed by atoms with E-state index in [9.17, 15) is 4.79 Å². The molecule has 178 valence electrons. The summed E-state index contributed by atoms with van der Waals surface area (Å²) in [5.74, 6) is 2.49. The van der Waals surface area contributed by atoms with Gasteiger partial charge in [0, 0.05) is 23.8 Å². The van der Waals surface area contributed by atoms with Crippen molar-refractivity contribution in [2.45, 2.75) is 52.4 Å². The van der Waals surface area contributed by atoms with Crippen LogP contribution in [0.3, 0.4) is 0 Å². The lowest BCUT2D eigenvalue weighted by Crippen LogP contribution is -2.36. The number of aryl methyl sites for hydroxylation is 1. The average molecular weight is 479 g/mol. The Bertz CT molecular complexity index is 1170. The van der Waals surface area contributed by atoms with Crippen LogP contribution in [0.15, 0.2) is 47.6 Å². The Labute approximate surface area is 204 Å². The van der Waals surface area contributed by atoms with E-state index in [0.29, 0.717) is 34.9 Å². The molecule has 0 N–H and O–H groups in total. The van der Waals surface area contributed by atoms with Crippen LogP contribution in [0, 0.1) is 12.8 Å². The van der Waals surface area contributed by atoms with Crippen molar-refractivity contribution in [1.82, 2.24) is 15.2 Å². The van der Waals surface area contributed by atoms with Crippen LogP contribution in [0.25, 0.3) is 11.3 Å². The highest BCUT2D eigenvalue weighted by Gasteiger charge is 2.34. The second kappa shape index (κ2) is 10.4. The quantitative estimate of drug-likeness (QED) is 0.396. The van der Waals surface area contributed by atoms with Crippen molar-refractivity contribution < 1.29 is 14.3 Å². The number of rotatable bonds is 7. The largest absolute Gasteiger partial charge is 0.494 e. The number of amides is 1. The predicted octanol–water partition coefficient (Wildman–Crippen LogP) is 5.83. The van der Waals surface area contributed by atoms with Gasteiger partial charge in [-0.15, -0.1) is 10.2 Å². The van der Waals surface area contributed by atoms with E-state index in [1.807, 2.05) is 56.3 Å². The fourth-order valence-corrected chi connectivity index (χ4v) is 4.80. The van der Waals surface area contributed by atoms with Gasteiger partial charge in [0.15, 0.2) is 5.69 Å². The molecule has 1 aliphatic heterocycles. The number of carbonyl (C=O) groups is 1. The Kier molecular flexibility index (Phi) is 7.36. The monoisotopic (exact) mass is 478 g/mol. The standard InChI is InChI=1S/C26H30N4O3S/c1-6-32-20-10-8-19(9-11-20)25-30(18(5)31)22-12-7-17(4)15-21(22)23-24(33-25)27-26(29-28-23)34-14-13-16(2)3/h7-12,15-16,25H,6,13-14H2,1-5H3/t25-/m1/s1. The molecule has 1 aliphatic rings. The van der Waals surface area contributed by atoms with Gasteiger partial charge in [0.2, 0.25) is 23.2 Å². The fourth-order valence-electron chi connectivity index (χ4n) is 3.78. The summed E-state index contributed by atoms with van der Waals surface area (Å²) in [5.41, 5.74) is 3.88. The van der Waals surface area contributed by atoms with Gasteiger partial charge < -0.3 is 9.47 Å². The molecule has 1 atom stereocenters. The highest BCUT2D eigenvalue weighted by atomic mass is 32.2. The maximum Gasteiger partial charge on any atom is 0.247 e. The lowest BCUT2D eigenvalue weighted by atomic mass is 10.0. The number of hydrogen-bond acceptors (Lipinski definition) is 7. The van der Waals surface area contributed by atoms with Crippen molar-refractivity contribution in [3.8, 4) is 22.9 Å². The van der Waals surface area contributed by atoms with Crippen LogP contribution in [-0.4, -0.2) is 33.4 Å². The second-order valence-corrected chi connectivity index (χ2v) is 9.72. The van der Waals surface area contributed by atoms with Crippen molar-refractivity contribution in [1.29, 1.82) is 0 Å². The molecule has 8 heteroatoms. The third-order valence-corrected chi connectivity index (χ3v) is 6.37. The second-order valence-electron chi connectivity index (χ2n) is 8.66. The van der Waals surface area contributed by atoms with Crippen molar-refractivity contribution in [3.63, 3.8) is 0 Å². The zero-order chi connectivity index (χ0) is 24.2. The van der Waals surface area contributed by atoms with Crippen molar-refractivity contribution in [2.75, 3.05) is 17.3 Å². The van der Waals surface area contributed by atoms with Gasteiger partial charge in [0.05, 0.1) is 12.3 Å². The Morgan fingerprint density at radius 2 is 1.94 bits per heavy atom. The first kappa shape index (κ1) is 24.0. The third kappa shape index (κ3) is 5.17. The summed E-state index contributed by atoms with van der Waals surface area (Å²) < 4.78 is 12.0. The van der Waals surface area contributed by atoms with E-state index >= 15 is 0 Å². The Morgan fingerprint density at radius 3 is 2.62 bits per heavy atom. The SMILES string of the molecule is CCOc1ccc([C@H]2Oc3nc(SCCC(C)C)nnc3-c3cc(C)ccc3N2C(C)=O)cc1. The van der Waals surface area contributed by atoms with Gasteiger partial charge in [-0.25, -0.2) is 0 Å². The molecule has 2 aromatic carbocycles. The molecule has 4 rings (SSSR count). The molecular weight excluding hydrogens is 448 g/mol. The first-order valence-corrected chi connectivity index (χ1v) is 12.5. The molecule has 2 heterocycles. The van der Waals surface area contributed by atoms with Crippen LogP contribution >= 0.6 is 11.8 Å². The molecule has 0 radical (unpaired) electrons. The fraction of sp³-hybridized carbons (Fsp3) is 0.385. The lowest BCUT2D eigenvalue weighted by Gasteiger charge is -2.30. The molecule has 0 aliphatic carbocycles. The molecule has 1 aromatic heterocycles. The molecule has 34 heavy (non-hydrogen) atoms. The molecule has 0 spiro atoms. The van der Waals surface area contributed by atoms with E-state index in [2.05, 4.69) is 24.0 Å². The van der Waals surface area contributed by atoms with E-state index < -0.39 is 6.23 Å². The minimum Gasteiger partial charge on any atom is -0.494 e. The van der Waals surface area contributed by atoms with Crippen LogP contribution < -0.4 is 14.4 Å². The van der Waals surface area contributed by atoms with E-state index in [4.69, 9.17) is 14.5 Å². The van der Waals surface area contributed by atoms with Crippen LogP contribution in [0.1, 0.15) is 51.5 Å². The van der Waals surface area contributed by atoms with E-state index in [1.165, 1.54) is 6.92 Å². The summed E-state index contributed by atoms with van der Waals surface area (Å²) in [5, 5.41) is 9.43. The van der Waals surface area contributed by atoms with Crippen molar-refractivity contribution >= 4 is 23.4 Å². The number of carbonyl (C=O) groups excluding carboxylic acids is 1. The Balaban J connectivity index is 1.81. The van der Waals surface area contributed by atoms with Gasteiger partial charge in [0.25, 0.3) is 0 Å². The number of nitrogens with zero attached hydrogens (tertiary/aromatic N) is 4. The smallest absolute Gasteiger partial charge is 0.247 e. The van der Waals surface area contributed by atoms with Crippen molar-refractivity contribution in [3.05, 3.63) is 53.6 Å². The number of ether oxygens (including phenoxy) is 2. The Hall–Kier alpha value is -3.13. The molecule has 0 bridgehead atoms. The molecule has 3 aromatic rings. The minimum absolute atomic E-state index is 0.142. The van der Waals surface area contributed by atoms with E-state index in [0.717, 1.165) is 34.6 Å². The average Bonchev–Trinajstić information content (AvgIpc) is 2.93. The predicted molar refractivity (Wildman–Crippen MR) is 134 cm³/mol. The van der Waals surface area contributed by atoms with E-state index in [1.54, 1.807) is 16.7 Å². The summed E-state index contributed by atoms with van der Waals surface area (Å²) in [4.78, 5) is 19.3. The number of aromatic nitrogens is 3. The molecule has 7 nitrogen and oxygen atoms in total. The lowest BCUT2D eigenvalue weighted by molar-refractivity contribution is -0.118. The van der Waals surface area contributed by atoms with Crippen molar-refractivity contribution in [2.24, 2.45) is 5.92 Å². The number of anilines is 1. The van der Waals surface area contributed by atoms with Gasteiger partial charge in [0.1, 0.15) is 5.75 Å². The maximum absolute atomic E-state index is 12.9. The molecule has 1 amide bonds. The van der Waals surface area contributed by atoms with Crippen LogP contribution in [0.2, 0.25) is 0 Å². The van der Waals surface area contributed by atoms with Crippen LogP contribution in [-0.2, 0) is 4.79 Å². The normalized spacial score (nSPS) is 14.8. The van der Waals surface area contributed by atoms with Crippen LogP contribution in [0.5, 0.6) is 11.6 Å². The maximum atomic E-state index is 12.9. The topological polar surface area (TPSA) is 77.4 Å². The third-order valence-electron chi connectivity index (χ3n) is 5.50. The van der Waals surface area contributed by atoms with Gasteiger partial charge in [-0.05, 0) is 62.6 Å². The number of thioether (sulfide) groups is 1. The summed E-state index contributed by atoms with van der Waals surface area (Å²) in [6.45, 7) is 10.5. The van der Waals surface area contributed by atoms with E-state index in [-0.39, 0.29) is 5.91 Å². The summed E-state index contributed by atoms with van der Waals surface area (Å²) in [6.07, 6.45) is 0.349. The molecular formula is C26H30N4O3S. The summed E-state index contributed by atoms with van der Waals surface area (Å²) >= 11 is 1.56. The first-order valence-electron chi connectivity index (χ1n) is 11.5. The van der Waals surface area contributed by atoms with Gasteiger partial charge in [-0.3, -0.25) is 9.69 Å². The summed E-state index contributed by atoms with van der Waals surface area (Å²) in [6, 6.07) is 13.5. The minimum atomic E-state index is -0.707. The zero-order valence-corrected chi connectivity index (χ0v) is 21.1. The van der Waals surface area contributed by atoms with Gasteiger partial charge in [-0.1, -0.05) is 37.2 Å². The number of benzene rings is 2. The summed E-state index contributed by atoms with van der Waals surface area (Å²) in [7, 11) is 0. The zero-order valence-electron chi connectivity index (χ0n) is 20.2. The molecule has 0 saturated heterocycles. The van der Waals surface area contributed by atoms with Gasteiger partial charge in [-0.2, -0.15) is 4.98 Å². The molecule has 0 unspecified atom stereocenters. The van der Waals surface area contributed by atoms with Crippen LogP contribution in [0.4, 0.5) is 5.69 Å². The number of hydrogen-bond donors (Lipinski definition) is 0.